The molecule has 6 nitrogen and oxygen atoms in total. The molecule has 1 aliphatic heterocycles. The number of hydrogen-bond donors (Lipinski definition) is 1. The zero-order valence-electron chi connectivity index (χ0n) is 12.0. The summed E-state index contributed by atoms with van der Waals surface area (Å²) in [6.45, 7) is 5.41. The third-order valence-electron chi connectivity index (χ3n) is 3.24. The molecule has 0 amide bonds. The van der Waals surface area contributed by atoms with Gasteiger partial charge in [-0.25, -0.2) is 14.8 Å². The molecule has 1 fully saturated rings. The lowest BCUT2D eigenvalue weighted by molar-refractivity contribution is 0.0246. The van der Waals surface area contributed by atoms with Crippen LogP contribution in [0.1, 0.15) is 42.2 Å². The molecule has 6 heteroatoms. The van der Waals surface area contributed by atoms with Crippen molar-refractivity contribution in [3.8, 4) is 0 Å². The van der Waals surface area contributed by atoms with E-state index in [1.807, 2.05) is 0 Å². The van der Waals surface area contributed by atoms with Crippen LogP contribution < -0.4 is 5.32 Å². The van der Waals surface area contributed by atoms with Crippen LogP contribution in [-0.2, 0) is 9.47 Å². The largest absolute Gasteiger partial charge is 0.462 e. The van der Waals surface area contributed by atoms with Gasteiger partial charge in [-0.2, -0.15) is 0 Å². The van der Waals surface area contributed by atoms with Crippen molar-refractivity contribution in [1.29, 1.82) is 0 Å². The molecule has 0 saturated carbocycles. The maximum Gasteiger partial charge on any atom is 0.341 e. The van der Waals surface area contributed by atoms with Gasteiger partial charge in [-0.15, -0.1) is 0 Å². The molecule has 110 valence electrons. The molecular formula is C14H21N3O3. The minimum Gasteiger partial charge on any atom is -0.462 e. The highest BCUT2D eigenvalue weighted by Gasteiger charge is 2.15. The molecule has 2 heterocycles. The highest BCUT2D eigenvalue weighted by molar-refractivity contribution is 5.90. The molecule has 0 aliphatic carbocycles. The first-order valence-electron chi connectivity index (χ1n) is 7.07. The van der Waals surface area contributed by atoms with Gasteiger partial charge in [-0.1, -0.05) is 0 Å². The predicted octanol–water partition coefficient (Wildman–Crippen LogP) is 1.94. The molecule has 0 radical (unpaired) electrons. The minimum atomic E-state index is -0.382. The normalized spacial score (nSPS) is 18.6. The Balaban J connectivity index is 1.92. The number of carbonyl (C=O) groups excluding carboxylic acids is 1. The molecule has 1 N–H and O–H groups in total. The van der Waals surface area contributed by atoms with E-state index in [9.17, 15) is 4.79 Å². The first-order chi connectivity index (χ1) is 9.70. The van der Waals surface area contributed by atoms with Gasteiger partial charge in [0.15, 0.2) is 0 Å². The number of rotatable bonds is 5. The van der Waals surface area contributed by atoms with Crippen LogP contribution >= 0.6 is 0 Å². The van der Waals surface area contributed by atoms with Crippen molar-refractivity contribution in [2.24, 2.45) is 0 Å². The maximum absolute atomic E-state index is 11.6. The third-order valence-corrected chi connectivity index (χ3v) is 3.24. The van der Waals surface area contributed by atoms with Gasteiger partial charge in [-0.3, -0.25) is 0 Å². The smallest absolute Gasteiger partial charge is 0.341 e. The van der Waals surface area contributed by atoms with Crippen LogP contribution in [0, 0.1) is 6.92 Å². The van der Waals surface area contributed by atoms with Crippen molar-refractivity contribution in [3.63, 3.8) is 0 Å². The first kappa shape index (κ1) is 14.7. The number of ether oxygens (including phenoxy) is 2. The average molecular weight is 279 g/mol. The summed E-state index contributed by atoms with van der Waals surface area (Å²) >= 11 is 0. The molecule has 1 saturated heterocycles. The number of aromatic nitrogens is 2. The molecule has 2 rings (SSSR count). The summed E-state index contributed by atoms with van der Waals surface area (Å²) in [6.07, 6.45) is 5.13. The van der Waals surface area contributed by atoms with Crippen LogP contribution in [0.15, 0.2) is 6.20 Å². The van der Waals surface area contributed by atoms with E-state index in [0.29, 0.717) is 30.4 Å². The fourth-order valence-electron chi connectivity index (χ4n) is 2.13. The Labute approximate surface area is 118 Å². The highest BCUT2D eigenvalue weighted by atomic mass is 16.5. The molecule has 0 bridgehead atoms. The minimum absolute atomic E-state index is 0.220. The summed E-state index contributed by atoms with van der Waals surface area (Å²) in [5.74, 6) is 0.136. The number of esters is 1. The monoisotopic (exact) mass is 279 g/mol. The van der Waals surface area contributed by atoms with Crippen molar-refractivity contribution in [3.05, 3.63) is 17.5 Å². The molecule has 1 unspecified atom stereocenters. The Morgan fingerprint density at radius 3 is 3.05 bits per heavy atom. The van der Waals surface area contributed by atoms with Crippen LogP contribution in [0.5, 0.6) is 0 Å². The Morgan fingerprint density at radius 2 is 2.40 bits per heavy atom. The SMILES string of the molecule is CCOC(=O)c1cnc(NCC2CCCCO2)nc1C. The molecule has 1 aromatic heterocycles. The Kier molecular flexibility index (Phi) is 5.29. The zero-order valence-corrected chi connectivity index (χ0v) is 12.0. The quantitative estimate of drug-likeness (QED) is 0.830. The first-order valence-corrected chi connectivity index (χ1v) is 7.07. The van der Waals surface area contributed by atoms with Crippen LogP contribution in [-0.4, -0.2) is 41.8 Å². The number of hydrogen-bond acceptors (Lipinski definition) is 6. The summed E-state index contributed by atoms with van der Waals surface area (Å²) in [7, 11) is 0. The molecule has 20 heavy (non-hydrogen) atoms. The van der Waals surface area contributed by atoms with E-state index in [0.717, 1.165) is 19.4 Å². The Hall–Kier alpha value is -1.69. The van der Waals surface area contributed by atoms with Gasteiger partial charge in [-0.05, 0) is 33.1 Å². The van der Waals surface area contributed by atoms with Crippen molar-refractivity contribution in [2.75, 3.05) is 25.1 Å². The van der Waals surface area contributed by atoms with Crippen molar-refractivity contribution in [2.45, 2.75) is 39.2 Å². The fourth-order valence-corrected chi connectivity index (χ4v) is 2.13. The van der Waals surface area contributed by atoms with Gasteiger partial charge in [0.2, 0.25) is 5.95 Å². The number of aryl methyl sites for hydroxylation is 1. The van der Waals surface area contributed by atoms with E-state index in [4.69, 9.17) is 9.47 Å². The number of nitrogens with zero attached hydrogens (tertiary/aromatic N) is 2. The van der Waals surface area contributed by atoms with Crippen molar-refractivity contribution < 1.29 is 14.3 Å². The fraction of sp³-hybridized carbons (Fsp3) is 0.643. The van der Waals surface area contributed by atoms with Gasteiger partial charge in [0.05, 0.1) is 24.0 Å². The van der Waals surface area contributed by atoms with E-state index >= 15 is 0 Å². The lowest BCUT2D eigenvalue weighted by atomic mass is 10.1. The second-order valence-electron chi connectivity index (χ2n) is 4.78. The summed E-state index contributed by atoms with van der Waals surface area (Å²) in [6, 6.07) is 0. The van der Waals surface area contributed by atoms with Crippen molar-refractivity contribution >= 4 is 11.9 Å². The molecule has 1 aliphatic rings. The van der Waals surface area contributed by atoms with E-state index in [2.05, 4.69) is 15.3 Å². The molecule has 0 spiro atoms. The van der Waals surface area contributed by atoms with E-state index in [-0.39, 0.29) is 12.1 Å². The number of nitrogens with one attached hydrogen (secondary N) is 1. The Bertz CT molecular complexity index is 459. The third kappa shape index (κ3) is 3.90. The molecule has 1 aromatic rings. The van der Waals surface area contributed by atoms with Crippen LogP contribution in [0.2, 0.25) is 0 Å². The van der Waals surface area contributed by atoms with E-state index in [1.165, 1.54) is 12.6 Å². The zero-order chi connectivity index (χ0) is 14.4. The Morgan fingerprint density at radius 1 is 1.55 bits per heavy atom. The lowest BCUT2D eigenvalue weighted by Crippen LogP contribution is -2.27. The van der Waals surface area contributed by atoms with Crippen LogP contribution in [0.3, 0.4) is 0 Å². The van der Waals surface area contributed by atoms with Crippen LogP contribution in [0.4, 0.5) is 5.95 Å². The summed E-state index contributed by atoms with van der Waals surface area (Å²) in [5, 5.41) is 3.15. The number of carbonyl (C=O) groups is 1. The summed E-state index contributed by atoms with van der Waals surface area (Å²) in [4.78, 5) is 20.1. The molecule has 0 aromatic carbocycles. The standard InChI is InChI=1S/C14H21N3O3/c1-3-19-13(18)12-9-16-14(17-10(12)2)15-8-11-6-4-5-7-20-11/h9,11H,3-8H2,1-2H3,(H,15,16,17). The lowest BCUT2D eigenvalue weighted by Gasteiger charge is -2.22. The number of anilines is 1. The van der Waals surface area contributed by atoms with E-state index < -0.39 is 0 Å². The van der Waals surface area contributed by atoms with Gasteiger partial charge < -0.3 is 14.8 Å². The van der Waals surface area contributed by atoms with Gasteiger partial charge in [0, 0.05) is 19.3 Å². The highest BCUT2D eigenvalue weighted by Crippen LogP contribution is 2.14. The van der Waals surface area contributed by atoms with Crippen LogP contribution in [0.25, 0.3) is 0 Å². The molecule has 1 atom stereocenters. The second-order valence-corrected chi connectivity index (χ2v) is 4.78. The average Bonchev–Trinajstić information content (AvgIpc) is 2.46. The van der Waals surface area contributed by atoms with E-state index in [1.54, 1.807) is 13.8 Å². The second kappa shape index (κ2) is 7.19. The maximum atomic E-state index is 11.6. The van der Waals surface area contributed by atoms with Gasteiger partial charge in [0.25, 0.3) is 0 Å². The predicted molar refractivity (Wildman–Crippen MR) is 74.8 cm³/mol. The molecular weight excluding hydrogens is 258 g/mol. The van der Waals surface area contributed by atoms with Crippen molar-refractivity contribution in [1.82, 2.24) is 9.97 Å². The van der Waals surface area contributed by atoms with Gasteiger partial charge >= 0.3 is 5.97 Å². The summed E-state index contributed by atoms with van der Waals surface area (Å²) in [5.41, 5.74) is 1.02. The van der Waals surface area contributed by atoms with Gasteiger partial charge in [0.1, 0.15) is 0 Å². The summed E-state index contributed by atoms with van der Waals surface area (Å²) < 4.78 is 10.6. The topological polar surface area (TPSA) is 73.3 Å².